The molecule has 0 aliphatic carbocycles. The Labute approximate surface area is 105 Å². The van der Waals surface area contributed by atoms with Crippen LogP contribution in [0.25, 0.3) is 0 Å². The molecule has 0 aromatic heterocycles. The summed E-state index contributed by atoms with van der Waals surface area (Å²) in [7, 11) is 1.28. The SMILES string of the molecule is COC(=O)[C@@]1(I)COc2ccc(O)cc2O1. The standard InChI is InChI=1S/C10H9IO5/c1-14-9(13)10(11)5-15-7-3-2-6(12)4-8(7)16-10/h2-4,12H,5H2,1H3/t10-/m1/s1. The molecule has 1 N–H and O–H groups in total. The first-order valence-corrected chi connectivity index (χ1v) is 5.55. The van der Waals surface area contributed by atoms with Gasteiger partial charge in [-0.3, -0.25) is 0 Å². The van der Waals surface area contributed by atoms with E-state index < -0.39 is 9.58 Å². The number of carbonyl (C=O) groups excluding carboxylic acids is 1. The highest BCUT2D eigenvalue weighted by Gasteiger charge is 2.44. The Hall–Kier alpha value is -1.18. The Morgan fingerprint density at radius 3 is 3.00 bits per heavy atom. The largest absolute Gasteiger partial charge is 0.508 e. The normalized spacial score (nSPS) is 22.6. The number of phenolic OH excluding ortho intramolecular Hbond substituents is 1. The van der Waals surface area contributed by atoms with Crippen LogP contribution in [-0.2, 0) is 9.53 Å². The topological polar surface area (TPSA) is 65.0 Å². The highest BCUT2D eigenvalue weighted by atomic mass is 127. The molecule has 0 amide bonds. The fourth-order valence-electron chi connectivity index (χ4n) is 1.32. The highest BCUT2D eigenvalue weighted by Crippen LogP contribution is 2.40. The van der Waals surface area contributed by atoms with E-state index in [1.807, 2.05) is 22.6 Å². The molecule has 86 valence electrons. The van der Waals surface area contributed by atoms with E-state index in [1.165, 1.54) is 19.2 Å². The van der Waals surface area contributed by atoms with Crippen LogP contribution in [0.3, 0.4) is 0 Å². The minimum absolute atomic E-state index is 0.0489. The Balaban J connectivity index is 2.32. The molecule has 1 aromatic carbocycles. The highest BCUT2D eigenvalue weighted by molar-refractivity contribution is 14.1. The quantitative estimate of drug-likeness (QED) is 0.478. The predicted molar refractivity (Wildman–Crippen MR) is 63.0 cm³/mol. The number of esters is 1. The molecule has 5 nitrogen and oxygen atoms in total. The summed E-state index contributed by atoms with van der Waals surface area (Å²) < 4.78 is 14.3. The number of benzene rings is 1. The van der Waals surface area contributed by atoms with Crippen LogP contribution < -0.4 is 9.47 Å². The van der Waals surface area contributed by atoms with Crippen LogP contribution in [0, 0.1) is 0 Å². The zero-order valence-electron chi connectivity index (χ0n) is 8.40. The molecule has 6 heteroatoms. The Kier molecular flexibility index (Phi) is 2.83. The number of methoxy groups -OCH3 is 1. The molecule has 1 aromatic rings. The van der Waals surface area contributed by atoms with Crippen molar-refractivity contribution in [3.63, 3.8) is 0 Å². The third-order valence-electron chi connectivity index (χ3n) is 2.10. The summed E-state index contributed by atoms with van der Waals surface area (Å²) in [6, 6.07) is 4.46. The van der Waals surface area contributed by atoms with Crippen molar-refractivity contribution in [2.24, 2.45) is 0 Å². The lowest BCUT2D eigenvalue weighted by molar-refractivity contribution is -0.152. The van der Waals surface area contributed by atoms with Crippen LogP contribution in [-0.4, -0.2) is 28.4 Å². The number of aromatic hydroxyl groups is 1. The van der Waals surface area contributed by atoms with Crippen molar-refractivity contribution in [1.82, 2.24) is 0 Å². The van der Waals surface area contributed by atoms with Gasteiger partial charge in [-0.15, -0.1) is 0 Å². The number of alkyl halides is 1. The molecule has 0 fully saturated rings. The van der Waals surface area contributed by atoms with Crippen molar-refractivity contribution in [1.29, 1.82) is 0 Å². The number of halogens is 1. The van der Waals surface area contributed by atoms with E-state index in [9.17, 15) is 9.90 Å². The first-order chi connectivity index (χ1) is 7.55. The summed E-state index contributed by atoms with van der Waals surface area (Å²) in [6.07, 6.45) is 0. The van der Waals surface area contributed by atoms with E-state index in [4.69, 9.17) is 9.47 Å². The summed E-state index contributed by atoms with van der Waals surface area (Å²) in [5.74, 6) is 0.343. The summed E-state index contributed by atoms with van der Waals surface area (Å²) in [4.78, 5) is 11.5. The van der Waals surface area contributed by atoms with Gasteiger partial charge in [0.1, 0.15) is 12.4 Å². The van der Waals surface area contributed by atoms with Crippen molar-refractivity contribution < 1.29 is 24.1 Å². The summed E-state index contributed by atoms with van der Waals surface area (Å²) in [5, 5.41) is 9.30. The summed E-state index contributed by atoms with van der Waals surface area (Å²) in [6.45, 7) is 0.0675. The fraction of sp³-hybridized carbons (Fsp3) is 0.300. The van der Waals surface area contributed by atoms with E-state index in [0.717, 1.165) is 0 Å². The Morgan fingerprint density at radius 2 is 2.31 bits per heavy atom. The molecule has 1 aliphatic heterocycles. The zero-order chi connectivity index (χ0) is 11.8. The van der Waals surface area contributed by atoms with E-state index in [2.05, 4.69) is 4.74 Å². The van der Waals surface area contributed by atoms with Gasteiger partial charge in [-0.1, -0.05) is 0 Å². The molecule has 0 bridgehead atoms. The van der Waals surface area contributed by atoms with Crippen molar-refractivity contribution >= 4 is 28.6 Å². The molecule has 1 heterocycles. The molecule has 0 radical (unpaired) electrons. The third kappa shape index (κ3) is 1.89. The van der Waals surface area contributed by atoms with Crippen molar-refractivity contribution in [2.75, 3.05) is 13.7 Å². The van der Waals surface area contributed by atoms with Crippen LogP contribution in [0.4, 0.5) is 0 Å². The van der Waals surface area contributed by atoms with Gasteiger partial charge < -0.3 is 19.3 Å². The summed E-state index contributed by atoms with van der Waals surface area (Å²) in [5.41, 5.74) is 0. The molecule has 0 saturated carbocycles. The first-order valence-electron chi connectivity index (χ1n) is 4.47. The molecule has 16 heavy (non-hydrogen) atoms. The minimum atomic E-state index is -1.20. The second-order valence-electron chi connectivity index (χ2n) is 3.24. The smallest absolute Gasteiger partial charge is 0.364 e. The molecule has 2 rings (SSSR count). The monoisotopic (exact) mass is 336 g/mol. The number of rotatable bonds is 1. The lowest BCUT2D eigenvalue weighted by Crippen LogP contribution is -2.46. The molecule has 1 aliphatic rings. The maximum Gasteiger partial charge on any atom is 0.364 e. The van der Waals surface area contributed by atoms with Gasteiger partial charge in [-0.2, -0.15) is 0 Å². The minimum Gasteiger partial charge on any atom is -0.508 e. The lowest BCUT2D eigenvalue weighted by atomic mass is 10.2. The van der Waals surface area contributed by atoms with Crippen LogP contribution in [0.2, 0.25) is 0 Å². The Morgan fingerprint density at radius 1 is 1.56 bits per heavy atom. The number of ether oxygens (including phenoxy) is 3. The van der Waals surface area contributed by atoms with Gasteiger partial charge >= 0.3 is 5.97 Å². The number of fused-ring (bicyclic) bond motifs is 1. The van der Waals surface area contributed by atoms with Crippen LogP contribution in [0.15, 0.2) is 18.2 Å². The predicted octanol–water partition coefficient (Wildman–Crippen LogP) is 1.47. The van der Waals surface area contributed by atoms with E-state index in [1.54, 1.807) is 6.07 Å². The van der Waals surface area contributed by atoms with Crippen molar-refractivity contribution in [3.8, 4) is 17.2 Å². The molecular weight excluding hydrogens is 327 g/mol. The molecular formula is C10H9IO5. The number of hydrogen-bond acceptors (Lipinski definition) is 5. The first kappa shape index (κ1) is 11.3. The number of carbonyl (C=O) groups is 1. The van der Waals surface area contributed by atoms with E-state index in [0.29, 0.717) is 11.5 Å². The zero-order valence-corrected chi connectivity index (χ0v) is 10.6. The Bertz CT molecular complexity index is 433. The van der Waals surface area contributed by atoms with Crippen LogP contribution in [0.1, 0.15) is 0 Å². The molecule has 0 saturated heterocycles. The van der Waals surface area contributed by atoms with Gasteiger partial charge in [0, 0.05) is 6.07 Å². The van der Waals surface area contributed by atoms with E-state index in [-0.39, 0.29) is 12.4 Å². The van der Waals surface area contributed by atoms with Gasteiger partial charge in [-0.25, -0.2) is 4.79 Å². The third-order valence-corrected chi connectivity index (χ3v) is 3.07. The van der Waals surface area contributed by atoms with Crippen molar-refractivity contribution in [3.05, 3.63) is 18.2 Å². The van der Waals surface area contributed by atoms with Gasteiger partial charge in [0.05, 0.1) is 7.11 Å². The van der Waals surface area contributed by atoms with Gasteiger partial charge in [-0.05, 0) is 34.7 Å². The summed E-state index contributed by atoms with van der Waals surface area (Å²) >= 11 is 1.82. The number of hydrogen-bond donors (Lipinski definition) is 1. The maximum absolute atomic E-state index is 11.5. The number of phenols is 1. The van der Waals surface area contributed by atoms with Gasteiger partial charge in [0.2, 0.25) is 0 Å². The average Bonchev–Trinajstić information content (AvgIpc) is 2.27. The average molecular weight is 336 g/mol. The van der Waals surface area contributed by atoms with E-state index >= 15 is 0 Å². The molecule has 0 spiro atoms. The van der Waals surface area contributed by atoms with Crippen LogP contribution in [0.5, 0.6) is 17.2 Å². The molecule has 0 unspecified atom stereocenters. The van der Waals surface area contributed by atoms with Crippen LogP contribution >= 0.6 is 22.6 Å². The second kappa shape index (κ2) is 4.00. The lowest BCUT2D eigenvalue weighted by Gasteiger charge is -2.31. The fourth-order valence-corrected chi connectivity index (χ4v) is 1.94. The second-order valence-corrected chi connectivity index (χ2v) is 4.98. The maximum atomic E-state index is 11.5. The van der Waals surface area contributed by atoms with Gasteiger partial charge in [0.15, 0.2) is 11.5 Å². The van der Waals surface area contributed by atoms with Crippen molar-refractivity contribution in [2.45, 2.75) is 3.61 Å². The van der Waals surface area contributed by atoms with Gasteiger partial charge in [0.25, 0.3) is 3.61 Å². The molecule has 1 atom stereocenters.